The van der Waals surface area contributed by atoms with E-state index in [4.69, 9.17) is 4.74 Å². The maximum atomic E-state index is 12.7. The zero-order valence-corrected chi connectivity index (χ0v) is 16.3. The Labute approximate surface area is 160 Å². The van der Waals surface area contributed by atoms with Crippen LogP contribution in [0.3, 0.4) is 0 Å². The van der Waals surface area contributed by atoms with Gasteiger partial charge in [-0.1, -0.05) is 18.2 Å². The molecule has 1 fully saturated rings. The van der Waals surface area contributed by atoms with Crippen molar-refractivity contribution in [2.24, 2.45) is 0 Å². The Kier molecular flexibility index (Phi) is 6.67. The highest BCUT2D eigenvalue weighted by molar-refractivity contribution is 5.92. The average Bonchev–Trinajstić information content (AvgIpc) is 3.12. The summed E-state index contributed by atoms with van der Waals surface area (Å²) in [6.07, 6.45) is 4.11. The van der Waals surface area contributed by atoms with Crippen LogP contribution in [-0.2, 0) is 5.54 Å². The van der Waals surface area contributed by atoms with Crippen molar-refractivity contribution in [3.63, 3.8) is 0 Å². The van der Waals surface area contributed by atoms with Crippen molar-refractivity contribution in [1.82, 2.24) is 20.4 Å². The number of carbonyl (C=O) groups is 1. The summed E-state index contributed by atoms with van der Waals surface area (Å²) in [7, 11) is 1.64. The number of nitrogens with one attached hydrogen (secondary N) is 2. The second-order valence-electron chi connectivity index (χ2n) is 6.96. The number of piperidine rings is 1. The van der Waals surface area contributed by atoms with Crippen molar-refractivity contribution >= 4 is 18.3 Å². The fourth-order valence-corrected chi connectivity index (χ4v) is 3.30. The molecule has 1 aromatic heterocycles. The normalized spacial score (nSPS) is 17.3. The summed E-state index contributed by atoms with van der Waals surface area (Å²) in [5, 5.41) is 10.9. The first-order valence-electron chi connectivity index (χ1n) is 8.73. The summed E-state index contributed by atoms with van der Waals surface area (Å²) in [4.78, 5) is 12.7. The zero-order valence-electron chi connectivity index (χ0n) is 15.5. The number of hydrogen-bond acceptors (Lipinski definition) is 4. The molecular weight excluding hydrogens is 352 g/mol. The van der Waals surface area contributed by atoms with Crippen molar-refractivity contribution in [3.8, 4) is 5.75 Å². The third-order valence-electron chi connectivity index (χ3n) is 4.69. The molecule has 26 heavy (non-hydrogen) atoms. The summed E-state index contributed by atoms with van der Waals surface area (Å²) in [6.45, 7) is 5.88. The number of methoxy groups -OCH3 is 1. The number of carbonyl (C=O) groups excluding carboxylic acids is 1. The molecule has 0 saturated carbocycles. The lowest BCUT2D eigenvalue weighted by Crippen LogP contribution is -2.41. The molecular formula is C19H27ClN4O2. The zero-order chi connectivity index (χ0) is 17.9. The smallest absolute Gasteiger partial charge is 0.272 e. The highest BCUT2D eigenvalue weighted by Crippen LogP contribution is 2.29. The third-order valence-corrected chi connectivity index (χ3v) is 4.69. The quantitative estimate of drug-likeness (QED) is 0.839. The lowest BCUT2D eigenvalue weighted by atomic mass is 9.93. The standard InChI is InChI=1S/C19H26N4O2.ClH/c1-19(2,15-8-4-5-9-17(15)25-3)21-18(24)16-10-12-23(22-16)14-7-6-11-20-13-14;/h4-5,8-10,12,14,20H,6-7,11,13H2,1-3H3,(H,21,24);1H. The Balaban J connectivity index is 0.00000243. The van der Waals surface area contributed by atoms with Crippen LogP contribution in [-0.4, -0.2) is 35.9 Å². The fraction of sp³-hybridized carbons (Fsp3) is 0.474. The van der Waals surface area contributed by atoms with Gasteiger partial charge in [0, 0.05) is 18.3 Å². The molecule has 2 N–H and O–H groups in total. The molecule has 1 atom stereocenters. The Morgan fingerprint density at radius 3 is 2.81 bits per heavy atom. The molecule has 142 valence electrons. The molecule has 1 aliphatic heterocycles. The summed E-state index contributed by atoms with van der Waals surface area (Å²) in [6, 6.07) is 9.82. The highest BCUT2D eigenvalue weighted by Gasteiger charge is 2.27. The van der Waals surface area contributed by atoms with Crippen molar-refractivity contribution in [2.75, 3.05) is 20.2 Å². The van der Waals surface area contributed by atoms with E-state index in [0.717, 1.165) is 37.2 Å². The van der Waals surface area contributed by atoms with Crippen LogP contribution in [0.1, 0.15) is 48.8 Å². The van der Waals surface area contributed by atoms with Gasteiger partial charge in [-0.15, -0.1) is 12.4 Å². The Morgan fingerprint density at radius 2 is 2.12 bits per heavy atom. The first-order valence-corrected chi connectivity index (χ1v) is 8.73. The molecule has 0 bridgehead atoms. The predicted molar refractivity (Wildman–Crippen MR) is 104 cm³/mol. The van der Waals surface area contributed by atoms with Gasteiger partial charge in [0.1, 0.15) is 11.4 Å². The van der Waals surface area contributed by atoms with Gasteiger partial charge in [-0.3, -0.25) is 9.48 Å². The fourth-order valence-electron chi connectivity index (χ4n) is 3.30. The summed E-state index contributed by atoms with van der Waals surface area (Å²) in [5.41, 5.74) is 0.801. The van der Waals surface area contributed by atoms with E-state index in [1.165, 1.54) is 0 Å². The predicted octanol–water partition coefficient (Wildman–Crippen LogP) is 2.90. The monoisotopic (exact) mass is 378 g/mol. The molecule has 0 radical (unpaired) electrons. The minimum absolute atomic E-state index is 0. The first-order chi connectivity index (χ1) is 12.0. The van der Waals surface area contributed by atoms with Crippen LogP contribution in [0.15, 0.2) is 36.5 Å². The van der Waals surface area contributed by atoms with Crippen molar-refractivity contribution in [3.05, 3.63) is 47.8 Å². The van der Waals surface area contributed by atoms with E-state index in [1.807, 2.05) is 49.0 Å². The Hall–Kier alpha value is -2.05. The number of para-hydroxylation sites is 1. The Morgan fingerprint density at radius 1 is 1.35 bits per heavy atom. The van der Waals surface area contributed by atoms with E-state index < -0.39 is 5.54 Å². The molecule has 2 aromatic rings. The molecule has 1 aliphatic rings. The number of ether oxygens (including phenoxy) is 1. The molecule has 2 heterocycles. The maximum absolute atomic E-state index is 12.7. The minimum Gasteiger partial charge on any atom is -0.496 e. The van der Waals surface area contributed by atoms with Crippen molar-refractivity contribution < 1.29 is 9.53 Å². The average molecular weight is 379 g/mol. The number of amides is 1. The van der Waals surface area contributed by atoms with Crippen LogP contribution in [0.5, 0.6) is 5.75 Å². The van der Waals surface area contributed by atoms with E-state index in [1.54, 1.807) is 13.2 Å². The van der Waals surface area contributed by atoms with Gasteiger partial charge >= 0.3 is 0 Å². The molecule has 0 aliphatic carbocycles. The Bertz CT molecular complexity index is 739. The summed E-state index contributed by atoms with van der Waals surface area (Å²) < 4.78 is 7.32. The lowest BCUT2D eigenvalue weighted by molar-refractivity contribution is 0.0904. The third kappa shape index (κ3) is 4.37. The van der Waals surface area contributed by atoms with Gasteiger partial charge in [-0.2, -0.15) is 5.10 Å². The second kappa shape index (κ2) is 8.56. The number of rotatable bonds is 5. The van der Waals surface area contributed by atoms with E-state index in [2.05, 4.69) is 15.7 Å². The number of aromatic nitrogens is 2. The lowest BCUT2D eigenvalue weighted by Gasteiger charge is -2.28. The topological polar surface area (TPSA) is 68.2 Å². The van der Waals surface area contributed by atoms with Crippen LogP contribution in [0, 0.1) is 0 Å². The number of hydrogen-bond donors (Lipinski definition) is 2. The van der Waals surface area contributed by atoms with Gasteiger partial charge in [0.05, 0.1) is 18.7 Å². The molecule has 1 aromatic carbocycles. The molecule has 3 rings (SSSR count). The number of benzene rings is 1. The van der Waals surface area contributed by atoms with E-state index in [9.17, 15) is 4.79 Å². The largest absolute Gasteiger partial charge is 0.496 e. The number of nitrogens with zero attached hydrogens (tertiary/aromatic N) is 2. The van der Waals surface area contributed by atoms with E-state index >= 15 is 0 Å². The van der Waals surface area contributed by atoms with Crippen molar-refractivity contribution in [1.29, 1.82) is 0 Å². The molecule has 1 unspecified atom stereocenters. The highest BCUT2D eigenvalue weighted by atomic mass is 35.5. The first kappa shape index (κ1) is 20.3. The molecule has 6 nitrogen and oxygen atoms in total. The van der Waals surface area contributed by atoms with Crippen molar-refractivity contribution in [2.45, 2.75) is 38.3 Å². The minimum atomic E-state index is -0.570. The van der Waals surface area contributed by atoms with Gasteiger partial charge in [-0.05, 0) is 45.4 Å². The van der Waals surface area contributed by atoms with E-state index in [0.29, 0.717) is 11.7 Å². The molecule has 1 saturated heterocycles. The van der Waals surface area contributed by atoms with Gasteiger partial charge in [0.2, 0.25) is 0 Å². The summed E-state index contributed by atoms with van der Waals surface area (Å²) >= 11 is 0. The second-order valence-corrected chi connectivity index (χ2v) is 6.96. The number of halogens is 1. The molecule has 7 heteroatoms. The van der Waals surface area contributed by atoms with Gasteiger partial charge in [0.15, 0.2) is 0 Å². The van der Waals surface area contributed by atoms with Gasteiger partial charge in [0.25, 0.3) is 5.91 Å². The van der Waals surface area contributed by atoms with Crippen LogP contribution < -0.4 is 15.4 Å². The maximum Gasteiger partial charge on any atom is 0.272 e. The van der Waals surface area contributed by atoms with Gasteiger partial charge < -0.3 is 15.4 Å². The van der Waals surface area contributed by atoms with Crippen LogP contribution >= 0.6 is 12.4 Å². The SMILES string of the molecule is COc1ccccc1C(C)(C)NC(=O)c1ccn(C2CCCNC2)n1.Cl. The van der Waals surface area contributed by atoms with E-state index in [-0.39, 0.29) is 18.3 Å². The molecule has 1 amide bonds. The van der Waals surface area contributed by atoms with Crippen LogP contribution in [0.4, 0.5) is 0 Å². The van der Waals surface area contributed by atoms with Crippen LogP contribution in [0.25, 0.3) is 0 Å². The summed E-state index contributed by atoms with van der Waals surface area (Å²) in [5.74, 6) is 0.574. The van der Waals surface area contributed by atoms with Crippen LogP contribution in [0.2, 0.25) is 0 Å². The molecule has 0 spiro atoms. The van der Waals surface area contributed by atoms with Gasteiger partial charge in [-0.25, -0.2) is 0 Å².